The molecule has 3 heteroatoms. The topological polar surface area (TPSA) is 32.3 Å². The zero-order chi connectivity index (χ0) is 12.8. The second kappa shape index (κ2) is 7.13. The number of nitrogens with one attached hydrogen (secondary N) is 1. The highest BCUT2D eigenvalue weighted by Gasteiger charge is 2.21. The van der Waals surface area contributed by atoms with E-state index in [0.717, 1.165) is 24.9 Å². The lowest BCUT2D eigenvalue weighted by Crippen LogP contribution is -2.37. The van der Waals surface area contributed by atoms with E-state index < -0.39 is 0 Å². The van der Waals surface area contributed by atoms with E-state index in [0.29, 0.717) is 6.54 Å². The molecule has 2 aliphatic rings. The summed E-state index contributed by atoms with van der Waals surface area (Å²) in [4.78, 5) is 13.8. The van der Waals surface area contributed by atoms with Gasteiger partial charge in [0.1, 0.15) is 0 Å². The summed E-state index contributed by atoms with van der Waals surface area (Å²) in [5, 5.41) is 3.27. The minimum absolute atomic E-state index is 0.256. The van der Waals surface area contributed by atoms with Crippen LogP contribution in [0.2, 0.25) is 0 Å². The van der Waals surface area contributed by atoms with Gasteiger partial charge in [0.25, 0.3) is 0 Å². The van der Waals surface area contributed by atoms with Crippen LogP contribution in [0, 0.1) is 11.8 Å². The Morgan fingerprint density at radius 2 is 1.83 bits per heavy atom. The third kappa shape index (κ3) is 4.97. The van der Waals surface area contributed by atoms with Crippen LogP contribution >= 0.6 is 0 Å². The maximum atomic E-state index is 11.9. The Balaban J connectivity index is 1.54. The highest BCUT2D eigenvalue weighted by Crippen LogP contribution is 2.27. The standard InChI is InChI=1S/C15H28N2O/c1-17(10-9-13-5-3-2-4-6-13)15(18)12-16-11-14-7-8-14/h13-14,16H,2-12H2,1H3. The van der Waals surface area contributed by atoms with Crippen molar-refractivity contribution in [1.29, 1.82) is 0 Å². The lowest BCUT2D eigenvalue weighted by molar-refractivity contribution is -0.129. The molecule has 0 bridgehead atoms. The molecule has 104 valence electrons. The second-order valence-electron chi connectivity index (χ2n) is 6.18. The Hall–Kier alpha value is -0.570. The molecule has 0 spiro atoms. The largest absolute Gasteiger partial charge is 0.345 e. The van der Waals surface area contributed by atoms with Crippen molar-refractivity contribution >= 4 is 5.91 Å². The average Bonchev–Trinajstić information content (AvgIpc) is 3.21. The van der Waals surface area contributed by atoms with E-state index in [4.69, 9.17) is 0 Å². The van der Waals surface area contributed by atoms with E-state index in [2.05, 4.69) is 5.32 Å². The number of hydrogen-bond acceptors (Lipinski definition) is 2. The van der Waals surface area contributed by atoms with Crippen molar-refractivity contribution in [3.8, 4) is 0 Å². The molecule has 0 aromatic carbocycles. The van der Waals surface area contributed by atoms with E-state index >= 15 is 0 Å². The van der Waals surface area contributed by atoms with E-state index in [1.165, 1.54) is 51.4 Å². The van der Waals surface area contributed by atoms with Gasteiger partial charge in [0.15, 0.2) is 0 Å². The molecular weight excluding hydrogens is 224 g/mol. The molecule has 2 aliphatic carbocycles. The van der Waals surface area contributed by atoms with Gasteiger partial charge in [-0.05, 0) is 37.6 Å². The molecule has 18 heavy (non-hydrogen) atoms. The van der Waals surface area contributed by atoms with Crippen LogP contribution in [0.15, 0.2) is 0 Å². The summed E-state index contributed by atoms with van der Waals surface area (Å²) in [7, 11) is 1.95. The zero-order valence-corrected chi connectivity index (χ0v) is 11.8. The molecule has 2 rings (SSSR count). The molecule has 0 aliphatic heterocycles. The van der Waals surface area contributed by atoms with Crippen LogP contribution in [0.4, 0.5) is 0 Å². The molecule has 0 aromatic rings. The number of carbonyl (C=O) groups is 1. The molecule has 0 heterocycles. The van der Waals surface area contributed by atoms with Crippen LogP contribution in [0.1, 0.15) is 51.4 Å². The van der Waals surface area contributed by atoms with Gasteiger partial charge in [-0.1, -0.05) is 32.1 Å². The van der Waals surface area contributed by atoms with Gasteiger partial charge in [0.05, 0.1) is 6.54 Å². The van der Waals surface area contributed by atoms with Crippen LogP contribution in [0.25, 0.3) is 0 Å². The maximum absolute atomic E-state index is 11.9. The third-order valence-corrected chi connectivity index (χ3v) is 4.43. The fraction of sp³-hybridized carbons (Fsp3) is 0.933. The van der Waals surface area contributed by atoms with Gasteiger partial charge in [0.2, 0.25) is 5.91 Å². The predicted octanol–water partition coefficient (Wildman–Crippen LogP) is 2.41. The van der Waals surface area contributed by atoms with Crippen molar-refractivity contribution in [3.63, 3.8) is 0 Å². The first-order valence-corrected chi connectivity index (χ1v) is 7.70. The maximum Gasteiger partial charge on any atom is 0.236 e. The third-order valence-electron chi connectivity index (χ3n) is 4.43. The van der Waals surface area contributed by atoms with Gasteiger partial charge in [-0.2, -0.15) is 0 Å². The van der Waals surface area contributed by atoms with Gasteiger partial charge in [-0.3, -0.25) is 4.79 Å². The molecule has 0 unspecified atom stereocenters. The van der Waals surface area contributed by atoms with E-state index in [1.807, 2.05) is 11.9 Å². The lowest BCUT2D eigenvalue weighted by atomic mass is 9.87. The summed E-state index contributed by atoms with van der Waals surface area (Å²) in [6, 6.07) is 0. The summed E-state index contributed by atoms with van der Waals surface area (Å²) in [5.74, 6) is 1.98. The Kier molecular flexibility index (Phi) is 5.48. The molecule has 1 N–H and O–H groups in total. The Labute approximate surface area is 111 Å². The number of hydrogen-bond donors (Lipinski definition) is 1. The average molecular weight is 252 g/mol. The van der Waals surface area contributed by atoms with Crippen LogP contribution < -0.4 is 5.32 Å². The Bertz CT molecular complexity index is 257. The molecule has 2 saturated carbocycles. The summed E-state index contributed by atoms with van der Waals surface area (Å²) in [6.45, 7) is 2.49. The van der Waals surface area contributed by atoms with E-state index in [9.17, 15) is 4.79 Å². The monoisotopic (exact) mass is 252 g/mol. The van der Waals surface area contributed by atoms with Gasteiger partial charge in [0, 0.05) is 13.6 Å². The van der Waals surface area contributed by atoms with Gasteiger partial charge in [-0.25, -0.2) is 0 Å². The zero-order valence-electron chi connectivity index (χ0n) is 11.8. The SMILES string of the molecule is CN(CCC1CCCCC1)C(=O)CNCC1CC1. The minimum atomic E-state index is 0.256. The van der Waals surface area contributed by atoms with Crippen molar-refractivity contribution in [2.45, 2.75) is 51.4 Å². The molecule has 2 fully saturated rings. The molecule has 3 nitrogen and oxygen atoms in total. The first-order chi connectivity index (χ1) is 8.75. The van der Waals surface area contributed by atoms with Crippen molar-refractivity contribution in [1.82, 2.24) is 10.2 Å². The van der Waals surface area contributed by atoms with Crippen LogP contribution in [0.5, 0.6) is 0 Å². The number of likely N-dealkylation sites (N-methyl/N-ethyl adjacent to an activating group) is 1. The normalized spacial score (nSPS) is 20.9. The fourth-order valence-corrected chi connectivity index (χ4v) is 2.82. The molecule has 0 radical (unpaired) electrons. The molecule has 1 amide bonds. The predicted molar refractivity (Wildman–Crippen MR) is 74.4 cm³/mol. The smallest absolute Gasteiger partial charge is 0.236 e. The second-order valence-corrected chi connectivity index (χ2v) is 6.18. The number of amides is 1. The van der Waals surface area contributed by atoms with Gasteiger partial charge >= 0.3 is 0 Å². The summed E-state index contributed by atoms with van der Waals surface area (Å²) in [6.07, 6.45) is 10.8. The van der Waals surface area contributed by atoms with E-state index in [1.54, 1.807) is 0 Å². The number of nitrogens with zero attached hydrogens (tertiary/aromatic N) is 1. The Morgan fingerprint density at radius 3 is 2.50 bits per heavy atom. The summed E-state index contributed by atoms with van der Waals surface area (Å²) < 4.78 is 0. The highest BCUT2D eigenvalue weighted by molar-refractivity contribution is 5.77. The van der Waals surface area contributed by atoms with Crippen LogP contribution in [0.3, 0.4) is 0 Å². The summed E-state index contributed by atoms with van der Waals surface area (Å²) >= 11 is 0. The fourth-order valence-electron chi connectivity index (χ4n) is 2.82. The number of rotatable bonds is 7. The van der Waals surface area contributed by atoms with Crippen molar-refractivity contribution in [2.24, 2.45) is 11.8 Å². The number of carbonyl (C=O) groups excluding carboxylic acids is 1. The lowest BCUT2D eigenvalue weighted by Gasteiger charge is -2.24. The molecule has 0 saturated heterocycles. The quantitative estimate of drug-likeness (QED) is 0.754. The molecule has 0 atom stereocenters. The Morgan fingerprint density at radius 1 is 1.11 bits per heavy atom. The van der Waals surface area contributed by atoms with Gasteiger partial charge < -0.3 is 10.2 Å². The van der Waals surface area contributed by atoms with Crippen LogP contribution in [-0.4, -0.2) is 37.5 Å². The first-order valence-electron chi connectivity index (χ1n) is 7.70. The van der Waals surface area contributed by atoms with E-state index in [-0.39, 0.29) is 5.91 Å². The van der Waals surface area contributed by atoms with Crippen LogP contribution in [-0.2, 0) is 4.79 Å². The van der Waals surface area contributed by atoms with Crippen molar-refractivity contribution in [3.05, 3.63) is 0 Å². The highest BCUT2D eigenvalue weighted by atomic mass is 16.2. The molecule has 0 aromatic heterocycles. The molecular formula is C15H28N2O. The first kappa shape index (κ1) is 13.9. The van der Waals surface area contributed by atoms with Crippen molar-refractivity contribution < 1.29 is 4.79 Å². The van der Waals surface area contributed by atoms with Crippen molar-refractivity contribution in [2.75, 3.05) is 26.7 Å². The summed E-state index contributed by atoms with van der Waals surface area (Å²) in [5.41, 5.74) is 0. The van der Waals surface area contributed by atoms with Gasteiger partial charge in [-0.15, -0.1) is 0 Å². The minimum Gasteiger partial charge on any atom is -0.345 e.